The summed E-state index contributed by atoms with van der Waals surface area (Å²) in [6.45, 7) is 0.175. The predicted octanol–water partition coefficient (Wildman–Crippen LogP) is 10.2. The number of esters is 2. The van der Waals surface area contributed by atoms with Crippen LogP contribution in [-0.4, -0.2) is 95.0 Å². The molecule has 0 heterocycles. The van der Waals surface area contributed by atoms with Gasteiger partial charge in [0.15, 0.2) is 0 Å². The molecule has 0 aliphatic heterocycles. The molecule has 17 heteroatoms. The zero-order chi connectivity index (χ0) is 47.4. The molecule has 15 nitrogen and oxygen atoms in total. The number of hydrogen-bond acceptors (Lipinski definition) is 13. The maximum atomic E-state index is 12.1. The number of ether oxygens (including phenoxy) is 2. The van der Waals surface area contributed by atoms with Gasteiger partial charge in [-0.15, -0.1) is 0 Å². The molecule has 0 rings (SSSR count). The van der Waals surface area contributed by atoms with E-state index in [-0.39, 0.29) is 12.8 Å². The molecule has 0 aliphatic rings. The van der Waals surface area contributed by atoms with Crippen molar-refractivity contribution in [2.45, 2.75) is 161 Å². The number of allylic oxidation sites excluding steroid dienone is 14. The van der Waals surface area contributed by atoms with Gasteiger partial charge in [0.25, 0.3) is 0 Å². The van der Waals surface area contributed by atoms with Crippen molar-refractivity contribution in [3.8, 4) is 0 Å². The topological polar surface area (TPSA) is 225 Å². The molecule has 5 atom stereocenters. The highest BCUT2D eigenvalue weighted by Gasteiger charge is 2.28. The van der Waals surface area contributed by atoms with Crippen LogP contribution in [0.15, 0.2) is 85.1 Å². The van der Waals surface area contributed by atoms with Gasteiger partial charge in [0.05, 0.1) is 26.4 Å². The van der Waals surface area contributed by atoms with Crippen molar-refractivity contribution in [3.63, 3.8) is 0 Å². The summed E-state index contributed by atoms with van der Waals surface area (Å²) < 4.78 is 52.9. The first-order valence-electron chi connectivity index (χ1n) is 23.0. The molecule has 0 aromatic heterocycles. The van der Waals surface area contributed by atoms with Crippen LogP contribution < -0.4 is 0 Å². The Morgan fingerprint density at radius 3 is 1.14 bits per heavy atom. The van der Waals surface area contributed by atoms with Gasteiger partial charge in [-0.05, 0) is 57.8 Å². The summed E-state index contributed by atoms with van der Waals surface area (Å²) in [5, 5.41) is 30.0. The average molecular weight is 947 g/mol. The summed E-state index contributed by atoms with van der Waals surface area (Å²) in [5.41, 5.74) is 0. The number of carbonyl (C=O) groups excluding carboxylic acids is 2. The maximum absolute atomic E-state index is 12.1. The van der Waals surface area contributed by atoms with Gasteiger partial charge >= 0.3 is 27.6 Å². The minimum Gasteiger partial charge on any atom is -0.463 e. The largest absolute Gasteiger partial charge is 0.472 e. The number of hydrogen-bond donors (Lipinski definition) is 5. The fraction of sp³-hybridized carbons (Fsp3) is 0.660. The van der Waals surface area contributed by atoms with Crippen LogP contribution in [0.3, 0.4) is 0 Å². The van der Waals surface area contributed by atoms with Gasteiger partial charge in [-0.25, -0.2) is 9.13 Å². The van der Waals surface area contributed by atoms with Crippen LogP contribution in [0.4, 0.5) is 0 Å². The third-order valence-corrected chi connectivity index (χ3v) is 10.9. The van der Waals surface area contributed by atoms with Gasteiger partial charge in [-0.2, -0.15) is 0 Å². The predicted molar refractivity (Wildman–Crippen MR) is 251 cm³/mol. The molecule has 0 aliphatic carbocycles. The number of rotatable bonds is 43. The molecule has 0 aromatic rings. The molecule has 0 saturated heterocycles. The summed E-state index contributed by atoms with van der Waals surface area (Å²) in [5.74, 6) is -1.05. The second-order valence-corrected chi connectivity index (χ2v) is 18.1. The molecule has 0 bridgehead atoms. The van der Waals surface area contributed by atoms with Crippen LogP contribution in [-0.2, 0) is 46.3 Å². The lowest BCUT2D eigenvalue weighted by Gasteiger charge is -2.19. The van der Waals surface area contributed by atoms with E-state index in [1.165, 1.54) is 44.9 Å². The van der Waals surface area contributed by atoms with Crippen LogP contribution in [0.5, 0.6) is 0 Å². The van der Waals surface area contributed by atoms with Gasteiger partial charge in [-0.3, -0.25) is 27.7 Å². The highest BCUT2D eigenvalue weighted by atomic mass is 31.2. The van der Waals surface area contributed by atoms with Crippen LogP contribution in [0.1, 0.15) is 142 Å². The van der Waals surface area contributed by atoms with E-state index in [4.69, 9.17) is 9.47 Å². The second kappa shape index (κ2) is 42.8. The first-order valence-corrected chi connectivity index (χ1v) is 26.0. The fourth-order valence-corrected chi connectivity index (χ4v) is 7.00. The van der Waals surface area contributed by atoms with Gasteiger partial charge in [0, 0.05) is 12.8 Å². The zero-order valence-electron chi connectivity index (χ0n) is 38.4. The molecule has 0 radical (unpaired) electrons. The third kappa shape index (κ3) is 44.4. The van der Waals surface area contributed by atoms with Crippen molar-refractivity contribution in [2.24, 2.45) is 0 Å². The van der Waals surface area contributed by atoms with Crippen LogP contribution in [0, 0.1) is 0 Å². The van der Waals surface area contributed by atoms with E-state index in [2.05, 4.69) is 50.2 Å². The summed E-state index contributed by atoms with van der Waals surface area (Å²) in [7, 11) is -9.59. The van der Waals surface area contributed by atoms with Crippen molar-refractivity contribution in [2.75, 3.05) is 39.6 Å². The Balaban J connectivity index is 3.98. The number of carbonyl (C=O) groups is 2. The van der Waals surface area contributed by atoms with Crippen LogP contribution in [0.2, 0.25) is 0 Å². The summed E-state index contributed by atoms with van der Waals surface area (Å²) in [6.07, 6.45) is 42.8. The van der Waals surface area contributed by atoms with Gasteiger partial charge in [0.2, 0.25) is 0 Å². The van der Waals surface area contributed by atoms with E-state index in [0.717, 1.165) is 57.8 Å². The molecular weight excluding hydrogens is 866 g/mol. The fourth-order valence-electron chi connectivity index (χ4n) is 5.41. The Kier molecular flexibility index (Phi) is 41.0. The normalized spacial score (nSPS) is 15.9. The minimum absolute atomic E-state index is 0.140. The SMILES string of the molecule is CC\C=C/C=C/C=C/C=C\C=C\C=C\CCCCCC(=O)OCC(O)COP(=O)(O)OCC(O)COP(=O)(O)OCC(O)COC(=O)CCCCCCCCC/C=C\CCCCCC. The Labute approximate surface area is 383 Å². The molecule has 0 fully saturated rings. The van der Waals surface area contributed by atoms with Crippen molar-refractivity contribution in [1.82, 2.24) is 0 Å². The van der Waals surface area contributed by atoms with Gasteiger partial charge < -0.3 is 34.6 Å². The van der Waals surface area contributed by atoms with Crippen molar-refractivity contribution < 1.29 is 71.4 Å². The van der Waals surface area contributed by atoms with E-state index in [1.54, 1.807) is 0 Å². The highest BCUT2D eigenvalue weighted by molar-refractivity contribution is 7.47. The number of aliphatic hydroxyl groups excluding tert-OH is 3. The van der Waals surface area contributed by atoms with Gasteiger partial charge in [-0.1, -0.05) is 157 Å². The average Bonchev–Trinajstić information content (AvgIpc) is 3.27. The number of phosphoric ester groups is 2. The summed E-state index contributed by atoms with van der Waals surface area (Å²) >= 11 is 0. The Morgan fingerprint density at radius 1 is 0.422 bits per heavy atom. The van der Waals surface area contributed by atoms with E-state index >= 15 is 0 Å². The molecule has 64 heavy (non-hydrogen) atoms. The first-order chi connectivity index (χ1) is 30.8. The quantitative estimate of drug-likeness (QED) is 0.0126. The van der Waals surface area contributed by atoms with Crippen LogP contribution >= 0.6 is 15.6 Å². The molecule has 0 saturated carbocycles. The maximum Gasteiger partial charge on any atom is 0.472 e. The standard InChI is InChI=1S/C47H80O15P2/c1-3-5-7-9-11-13-15-17-19-20-22-24-26-28-30-32-34-36-47(52)58-38-44(49)40-60-64(55,56)62-42-45(50)41-61-63(53,54)59-39-43(48)37-57-46(51)35-33-31-29-27-25-23-21-18-16-14-12-10-8-6-4-2/h5,7,9,11,13-17,19-20,22,24,26,43-45,48-50H,3-4,6,8,10,12,18,21,23,25,27-42H2,1-2H3,(H,53,54)(H,55,56)/b7-5-,11-9+,15-13+,16-14-,19-17-,22-20+,26-24+. The Hall–Kier alpha value is -2.78. The van der Waals surface area contributed by atoms with E-state index < -0.39 is 85.5 Å². The van der Waals surface area contributed by atoms with E-state index in [9.17, 15) is 43.8 Å². The third-order valence-electron chi connectivity index (χ3n) is 9.00. The number of aliphatic hydroxyl groups is 3. The van der Waals surface area contributed by atoms with E-state index in [1.807, 2.05) is 66.8 Å². The molecule has 5 unspecified atom stereocenters. The molecule has 0 amide bonds. The molecule has 368 valence electrons. The molecular formula is C47H80O15P2. The summed E-state index contributed by atoms with van der Waals surface area (Å²) in [6, 6.07) is 0. The lowest BCUT2D eigenvalue weighted by Crippen LogP contribution is -2.25. The van der Waals surface area contributed by atoms with E-state index in [0.29, 0.717) is 12.8 Å². The van der Waals surface area contributed by atoms with Crippen molar-refractivity contribution in [1.29, 1.82) is 0 Å². The van der Waals surface area contributed by atoms with Crippen molar-refractivity contribution >= 4 is 27.6 Å². The molecule has 0 spiro atoms. The molecule has 0 aromatic carbocycles. The highest BCUT2D eigenvalue weighted by Crippen LogP contribution is 2.45. The Bertz CT molecular complexity index is 1470. The zero-order valence-corrected chi connectivity index (χ0v) is 40.2. The minimum atomic E-state index is -4.80. The number of phosphoric acid groups is 2. The monoisotopic (exact) mass is 946 g/mol. The lowest BCUT2D eigenvalue weighted by atomic mass is 10.1. The Morgan fingerprint density at radius 2 is 0.734 bits per heavy atom. The van der Waals surface area contributed by atoms with Crippen LogP contribution in [0.25, 0.3) is 0 Å². The van der Waals surface area contributed by atoms with Gasteiger partial charge in [0.1, 0.15) is 31.5 Å². The second-order valence-electron chi connectivity index (χ2n) is 15.2. The summed E-state index contributed by atoms with van der Waals surface area (Å²) in [4.78, 5) is 43.7. The molecule has 5 N–H and O–H groups in total. The smallest absolute Gasteiger partial charge is 0.463 e. The first kappa shape index (κ1) is 61.2. The van der Waals surface area contributed by atoms with Crippen molar-refractivity contribution in [3.05, 3.63) is 85.1 Å². The lowest BCUT2D eigenvalue weighted by molar-refractivity contribution is -0.148. The number of unbranched alkanes of at least 4 members (excludes halogenated alkanes) is 14.